The molecule has 1 aliphatic carbocycles. The van der Waals surface area contributed by atoms with Gasteiger partial charge in [-0.1, -0.05) is 0 Å². The van der Waals surface area contributed by atoms with Crippen LogP contribution in [0, 0.1) is 5.41 Å². The van der Waals surface area contributed by atoms with Crippen molar-refractivity contribution in [3.63, 3.8) is 0 Å². The van der Waals surface area contributed by atoms with Gasteiger partial charge >= 0.3 is 5.97 Å². The Morgan fingerprint density at radius 2 is 1.77 bits per heavy atom. The van der Waals surface area contributed by atoms with Crippen LogP contribution in [0.4, 0.5) is 0 Å². The Morgan fingerprint density at radius 1 is 1.31 bits per heavy atom. The van der Waals surface area contributed by atoms with E-state index in [2.05, 4.69) is 5.32 Å². The Balaban J connectivity index is 0.000000720. The van der Waals surface area contributed by atoms with E-state index in [1.807, 2.05) is 0 Å². The lowest BCUT2D eigenvalue weighted by Crippen LogP contribution is -2.72. The van der Waals surface area contributed by atoms with Crippen LogP contribution in [-0.4, -0.2) is 29.7 Å². The maximum absolute atomic E-state index is 10.6. The van der Waals surface area contributed by atoms with Gasteiger partial charge in [-0.2, -0.15) is 0 Å². The van der Waals surface area contributed by atoms with Crippen LogP contribution >= 0.6 is 24.8 Å². The van der Waals surface area contributed by atoms with Gasteiger partial charge in [0.25, 0.3) is 0 Å². The van der Waals surface area contributed by atoms with Crippen molar-refractivity contribution in [3.8, 4) is 0 Å². The molecule has 1 saturated carbocycles. The highest BCUT2D eigenvalue weighted by Gasteiger charge is 2.59. The largest absolute Gasteiger partial charge is 0.480 e. The maximum Gasteiger partial charge on any atom is 0.323 e. The molecule has 0 aromatic rings. The minimum Gasteiger partial charge on any atom is -0.480 e. The minimum absolute atomic E-state index is 0. The summed E-state index contributed by atoms with van der Waals surface area (Å²) < 4.78 is 0. The average molecular weight is 229 g/mol. The fraction of sp³-hybridized carbons (Fsp3) is 0.857. The number of carbonyl (C=O) groups is 1. The Bertz CT molecular complexity index is 211. The van der Waals surface area contributed by atoms with Crippen molar-refractivity contribution in [3.05, 3.63) is 0 Å². The van der Waals surface area contributed by atoms with E-state index in [1.165, 1.54) is 0 Å². The van der Waals surface area contributed by atoms with Gasteiger partial charge in [0.2, 0.25) is 0 Å². The van der Waals surface area contributed by atoms with Crippen molar-refractivity contribution in [1.82, 2.24) is 5.32 Å². The van der Waals surface area contributed by atoms with E-state index in [9.17, 15) is 4.79 Å². The lowest BCUT2D eigenvalue weighted by atomic mass is 9.55. The number of carboxylic acids is 1. The molecule has 1 spiro atoms. The van der Waals surface area contributed by atoms with E-state index >= 15 is 0 Å². The van der Waals surface area contributed by atoms with Crippen molar-refractivity contribution in [1.29, 1.82) is 0 Å². The summed E-state index contributed by atoms with van der Waals surface area (Å²) in [5.41, 5.74) is 4.93. The number of nitrogens with one attached hydrogen (secondary N) is 1. The molecule has 4 nitrogen and oxygen atoms in total. The number of carboxylic acid groups (broad SMARTS) is 1. The molecule has 0 radical (unpaired) electrons. The second-order valence-electron chi connectivity index (χ2n) is 3.92. The van der Waals surface area contributed by atoms with Gasteiger partial charge in [0.1, 0.15) is 5.54 Å². The molecule has 0 aromatic carbocycles. The summed E-state index contributed by atoms with van der Waals surface area (Å²) in [5, 5.41) is 11.8. The predicted octanol–water partition coefficient (Wildman–Crippen LogP) is -0.00450. The lowest BCUT2D eigenvalue weighted by molar-refractivity contribution is -0.156. The van der Waals surface area contributed by atoms with Crippen LogP contribution in [0.1, 0.15) is 12.8 Å². The Morgan fingerprint density at radius 3 is 2.00 bits per heavy atom. The van der Waals surface area contributed by atoms with E-state index in [0.29, 0.717) is 12.8 Å². The third-order valence-corrected chi connectivity index (χ3v) is 2.81. The van der Waals surface area contributed by atoms with Crippen LogP contribution in [0.5, 0.6) is 0 Å². The van der Waals surface area contributed by atoms with Crippen molar-refractivity contribution in [2.75, 3.05) is 13.1 Å². The summed E-state index contributed by atoms with van der Waals surface area (Å²) in [6.45, 7) is 1.89. The molecule has 0 bridgehead atoms. The molecule has 2 rings (SSSR count). The third kappa shape index (κ3) is 1.76. The quantitative estimate of drug-likeness (QED) is 0.591. The highest BCUT2D eigenvalue weighted by Crippen LogP contribution is 2.49. The Labute approximate surface area is 89.1 Å². The fourth-order valence-corrected chi connectivity index (χ4v) is 2.17. The lowest BCUT2D eigenvalue weighted by Gasteiger charge is -2.57. The van der Waals surface area contributed by atoms with Gasteiger partial charge in [0, 0.05) is 13.1 Å². The zero-order chi connectivity index (χ0) is 8.11. The van der Waals surface area contributed by atoms with Gasteiger partial charge in [-0.05, 0) is 18.3 Å². The number of nitrogens with two attached hydrogens (primary N) is 1. The molecule has 0 amide bonds. The van der Waals surface area contributed by atoms with Crippen molar-refractivity contribution in [2.45, 2.75) is 18.4 Å². The number of halogens is 2. The summed E-state index contributed by atoms with van der Waals surface area (Å²) in [4.78, 5) is 10.6. The molecule has 13 heavy (non-hydrogen) atoms. The topological polar surface area (TPSA) is 75.4 Å². The van der Waals surface area contributed by atoms with Crippen LogP contribution in [0.2, 0.25) is 0 Å². The van der Waals surface area contributed by atoms with E-state index in [0.717, 1.165) is 13.1 Å². The Hall–Kier alpha value is -0.0300. The maximum atomic E-state index is 10.6. The average Bonchev–Trinajstić information content (AvgIpc) is 1.75. The summed E-state index contributed by atoms with van der Waals surface area (Å²) in [6, 6.07) is 0. The van der Waals surface area contributed by atoms with Gasteiger partial charge in [0.15, 0.2) is 0 Å². The molecule has 4 N–H and O–H groups in total. The predicted molar refractivity (Wildman–Crippen MR) is 53.6 cm³/mol. The molecular formula is C7H14Cl2N2O2. The van der Waals surface area contributed by atoms with Crippen LogP contribution in [0.25, 0.3) is 0 Å². The molecule has 1 heterocycles. The first kappa shape index (κ1) is 13.0. The summed E-state index contributed by atoms with van der Waals surface area (Å²) in [7, 11) is 0. The number of hydrogen-bond donors (Lipinski definition) is 3. The molecule has 78 valence electrons. The molecule has 1 saturated heterocycles. The van der Waals surface area contributed by atoms with Gasteiger partial charge in [-0.15, -0.1) is 24.8 Å². The van der Waals surface area contributed by atoms with E-state index in [4.69, 9.17) is 10.8 Å². The Kier molecular flexibility index (Phi) is 3.60. The monoisotopic (exact) mass is 228 g/mol. The summed E-state index contributed by atoms with van der Waals surface area (Å²) >= 11 is 0. The zero-order valence-corrected chi connectivity index (χ0v) is 8.71. The van der Waals surface area contributed by atoms with E-state index in [1.54, 1.807) is 0 Å². The standard InChI is InChI=1S/C7H12N2O2.2ClH/c8-7(5(10)11)1-6(2-7)3-9-4-6;;/h9H,1-4,8H2,(H,10,11);2*1H. The molecule has 2 fully saturated rings. The van der Waals surface area contributed by atoms with Gasteiger partial charge in [-0.25, -0.2) is 0 Å². The van der Waals surface area contributed by atoms with E-state index < -0.39 is 11.5 Å². The fourth-order valence-electron chi connectivity index (χ4n) is 2.17. The second-order valence-corrected chi connectivity index (χ2v) is 3.92. The van der Waals surface area contributed by atoms with Crippen LogP contribution in [0.15, 0.2) is 0 Å². The molecule has 0 unspecified atom stereocenters. The SMILES string of the molecule is Cl.Cl.NC1(C(=O)O)CC2(CNC2)C1. The smallest absolute Gasteiger partial charge is 0.323 e. The number of aliphatic carboxylic acids is 1. The third-order valence-electron chi connectivity index (χ3n) is 2.81. The minimum atomic E-state index is -0.915. The zero-order valence-electron chi connectivity index (χ0n) is 7.08. The molecule has 6 heteroatoms. The first-order valence-corrected chi connectivity index (χ1v) is 3.79. The number of rotatable bonds is 1. The highest BCUT2D eigenvalue weighted by atomic mass is 35.5. The molecule has 0 aromatic heterocycles. The summed E-state index contributed by atoms with van der Waals surface area (Å²) in [6.07, 6.45) is 1.28. The summed E-state index contributed by atoms with van der Waals surface area (Å²) in [5.74, 6) is -0.852. The van der Waals surface area contributed by atoms with Crippen LogP contribution in [0.3, 0.4) is 0 Å². The van der Waals surface area contributed by atoms with Gasteiger partial charge in [-0.3, -0.25) is 4.79 Å². The molecule has 2 aliphatic rings. The van der Waals surface area contributed by atoms with Crippen LogP contribution < -0.4 is 11.1 Å². The van der Waals surface area contributed by atoms with E-state index in [-0.39, 0.29) is 30.2 Å². The van der Waals surface area contributed by atoms with Crippen molar-refractivity contribution < 1.29 is 9.90 Å². The first-order valence-electron chi connectivity index (χ1n) is 3.79. The van der Waals surface area contributed by atoms with Gasteiger partial charge < -0.3 is 16.2 Å². The van der Waals surface area contributed by atoms with Crippen molar-refractivity contribution >= 4 is 30.8 Å². The van der Waals surface area contributed by atoms with Crippen molar-refractivity contribution in [2.24, 2.45) is 11.1 Å². The molecule has 1 aliphatic heterocycles. The molecule has 0 atom stereocenters. The highest BCUT2D eigenvalue weighted by molar-refractivity contribution is 5.85. The first-order chi connectivity index (χ1) is 5.06. The van der Waals surface area contributed by atoms with Crippen LogP contribution in [-0.2, 0) is 4.79 Å². The second kappa shape index (κ2) is 3.61. The number of hydrogen-bond acceptors (Lipinski definition) is 3. The van der Waals surface area contributed by atoms with Gasteiger partial charge in [0.05, 0.1) is 0 Å². The molecular weight excluding hydrogens is 215 g/mol. The normalized spacial score (nSPS) is 25.9.